The van der Waals surface area contributed by atoms with E-state index in [1.165, 1.54) is 0 Å². The van der Waals surface area contributed by atoms with E-state index >= 15 is 0 Å². The van der Waals surface area contributed by atoms with Crippen LogP contribution in [0, 0.1) is 17.2 Å². The standard InChI is InChI=1S/C27H31N3O5/c1-3-17(2)24(26(32)33)30-25(31)23(14-8-9-15-28)29-27(34)35-16-22-20-12-6-4-10-18(20)19-11-5-7-13-21(19)22/h4-7,10-13,17,22-24H,3,8-9,14,16H2,1-2H3,(H,29,34)(H,30,31)(H,32,33)/t17?,23?,24-/m0/s1. The molecule has 8 heteroatoms. The third kappa shape index (κ3) is 6.18. The number of rotatable bonds is 11. The summed E-state index contributed by atoms with van der Waals surface area (Å²) in [7, 11) is 0. The summed E-state index contributed by atoms with van der Waals surface area (Å²) < 4.78 is 5.54. The molecule has 35 heavy (non-hydrogen) atoms. The number of nitrogens with zero attached hydrogens (tertiary/aromatic N) is 1. The van der Waals surface area contributed by atoms with Crippen molar-refractivity contribution in [2.24, 2.45) is 5.92 Å². The van der Waals surface area contributed by atoms with E-state index in [1.807, 2.05) is 61.5 Å². The number of carbonyl (C=O) groups is 3. The maximum absolute atomic E-state index is 12.9. The van der Waals surface area contributed by atoms with Crippen LogP contribution in [0.15, 0.2) is 48.5 Å². The van der Waals surface area contributed by atoms with Gasteiger partial charge in [-0.2, -0.15) is 5.26 Å². The zero-order chi connectivity index (χ0) is 25.4. The number of fused-ring (bicyclic) bond motifs is 3. The lowest BCUT2D eigenvalue weighted by atomic mass is 9.98. The Morgan fingerprint density at radius 3 is 2.20 bits per heavy atom. The summed E-state index contributed by atoms with van der Waals surface area (Å²) in [5.41, 5.74) is 4.36. The van der Waals surface area contributed by atoms with E-state index < -0.39 is 30.1 Å². The molecule has 1 aliphatic rings. The molecule has 2 aromatic rings. The number of nitriles is 1. The third-order valence-electron chi connectivity index (χ3n) is 6.51. The Balaban J connectivity index is 1.67. The van der Waals surface area contributed by atoms with Gasteiger partial charge in [-0.1, -0.05) is 68.8 Å². The van der Waals surface area contributed by atoms with Crippen LogP contribution >= 0.6 is 0 Å². The van der Waals surface area contributed by atoms with Gasteiger partial charge in [-0.15, -0.1) is 0 Å². The minimum Gasteiger partial charge on any atom is -0.480 e. The Labute approximate surface area is 205 Å². The Bertz CT molecular complexity index is 1060. The van der Waals surface area contributed by atoms with E-state index in [9.17, 15) is 19.5 Å². The lowest BCUT2D eigenvalue weighted by Gasteiger charge is -2.24. The van der Waals surface area contributed by atoms with Crippen molar-refractivity contribution in [2.45, 2.75) is 57.5 Å². The quantitative estimate of drug-likeness (QED) is 0.416. The minimum absolute atomic E-state index is 0.0943. The molecule has 0 saturated carbocycles. The highest BCUT2D eigenvalue weighted by atomic mass is 16.5. The molecule has 0 aromatic heterocycles. The third-order valence-corrected chi connectivity index (χ3v) is 6.51. The van der Waals surface area contributed by atoms with Crippen molar-refractivity contribution in [2.75, 3.05) is 6.61 Å². The van der Waals surface area contributed by atoms with Crippen LogP contribution in [0.2, 0.25) is 0 Å². The lowest BCUT2D eigenvalue weighted by Crippen LogP contribution is -2.53. The van der Waals surface area contributed by atoms with E-state index in [0.717, 1.165) is 22.3 Å². The Kier molecular flexibility index (Phi) is 8.85. The molecule has 2 amide bonds. The summed E-state index contributed by atoms with van der Waals surface area (Å²) in [5.74, 6) is -2.15. The summed E-state index contributed by atoms with van der Waals surface area (Å²) in [6.45, 7) is 3.67. The van der Waals surface area contributed by atoms with Gasteiger partial charge < -0.3 is 20.5 Å². The first-order valence-electron chi connectivity index (χ1n) is 11.9. The molecule has 3 atom stereocenters. The fraction of sp³-hybridized carbons (Fsp3) is 0.407. The van der Waals surface area contributed by atoms with Gasteiger partial charge in [0.15, 0.2) is 0 Å². The largest absolute Gasteiger partial charge is 0.480 e. The topological polar surface area (TPSA) is 129 Å². The first-order chi connectivity index (χ1) is 16.9. The lowest BCUT2D eigenvalue weighted by molar-refractivity contribution is -0.143. The normalized spacial score (nSPS) is 14.5. The van der Waals surface area contributed by atoms with E-state index in [0.29, 0.717) is 12.8 Å². The second kappa shape index (κ2) is 12.0. The van der Waals surface area contributed by atoms with Crippen LogP contribution in [0.25, 0.3) is 11.1 Å². The van der Waals surface area contributed by atoms with Crippen molar-refractivity contribution in [3.63, 3.8) is 0 Å². The highest BCUT2D eigenvalue weighted by molar-refractivity contribution is 5.89. The molecule has 0 bridgehead atoms. The maximum atomic E-state index is 12.9. The van der Waals surface area contributed by atoms with E-state index in [2.05, 4.69) is 10.6 Å². The number of benzene rings is 2. The fourth-order valence-corrected chi connectivity index (χ4v) is 4.37. The van der Waals surface area contributed by atoms with Crippen LogP contribution in [0.4, 0.5) is 4.79 Å². The number of amides is 2. The van der Waals surface area contributed by atoms with Crippen LogP contribution in [0.1, 0.15) is 56.6 Å². The molecule has 0 spiro atoms. The number of hydrogen-bond donors (Lipinski definition) is 3. The molecule has 1 aliphatic carbocycles. The number of carboxylic acid groups (broad SMARTS) is 1. The van der Waals surface area contributed by atoms with Crippen LogP contribution in [0.5, 0.6) is 0 Å². The number of aliphatic carboxylic acids is 1. The van der Waals surface area contributed by atoms with Crippen molar-refractivity contribution in [3.8, 4) is 17.2 Å². The van der Waals surface area contributed by atoms with Gasteiger partial charge in [0.2, 0.25) is 5.91 Å². The average Bonchev–Trinajstić information content (AvgIpc) is 3.18. The van der Waals surface area contributed by atoms with Crippen molar-refractivity contribution in [3.05, 3.63) is 59.7 Å². The molecule has 0 heterocycles. The molecule has 0 aliphatic heterocycles. The Morgan fingerprint density at radius 2 is 1.66 bits per heavy atom. The second-order valence-electron chi connectivity index (χ2n) is 8.78. The summed E-state index contributed by atoms with van der Waals surface area (Å²) in [6, 6.07) is 15.9. The smallest absolute Gasteiger partial charge is 0.407 e. The predicted molar refractivity (Wildman–Crippen MR) is 130 cm³/mol. The van der Waals surface area contributed by atoms with Crippen molar-refractivity contribution >= 4 is 18.0 Å². The number of alkyl carbamates (subject to hydrolysis) is 1. The van der Waals surface area contributed by atoms with Gasteiger partial charge in [0.25, 0.3) is 0 Å². The SMILES string of the molecule is CCC(C)[C@H](NC(=O)C(CCCC#N)NC(=O)OCC1c2ccccc2-c2ccccc21)C(=O)O. The predicted octanol–water partition coefficient (Wildman–Crippen LogP) is 4.20. The zero-order valence-electron chi connectivity index (χ0n) is 20.0. The first kappa shape index (κ1) is 25.8. The maximum Gasteiger partial charge on any atom is 0.407 e. The summed E-state index contributed by atoms with van der Waals surface area (Å²) in [6.07, 6.45) is 0.579. The number of ether oxygens (including phenoxy) is 1. The van der Waals surface area contributed by atoms with Gasteiger partial charge in [-0.25, -0.2) is 9.59 Å². The number of nitrogens with one attached hydrogen (secondary N) is 2. The summed E-state index contributed by atoms with van der Waals surface area (Å²) in [5, 5.41) is 23.4. The van der Waals surface area contributed by atoms with Gasteiger partial charge in [-0.05, 0) is 41.0 Å². The van der Waals surface area contributed by atoms with Crippen LogP contribution in [-0.4, -0.2) is 41.8 Å². The van der Waals surface area contributed by atoms with Crippen LogP contribution in [0.3, 0.4) is 0 Å². The van der Waals surface area contributed by atoms with Crippen LogP contribution in [-0.2, 0) is 14.3 Å². The van der Waals surface area contributed by atoms with E-state index in [-0.39, 0.29) is 31.3 Å². The van der Waals surface area contributed by atoms with Crippen molar-refractivity contribution < 1.29 is 24.2 Å². The number of carboxylic acids is 1. The molecule has 0 fully saturated rings. The first-order valence-corrected chi connectivity index (χ1v) is 11.9. The summed E-state index contributed by atoms with van der Waals surface area (Å²) >= 11 is 0. The molecule has 2 unspecified atom stereocenters. The molecule has 2 aromatic carbocycles. The molecule has 3 rings (SSSR count). The Hall–Kier alpha value is -3.86. The molecule has 0 saturated heterocycles. The van der Waals surface area contributed by atoms with Crippen molar-refractivity contribution in [1.82, 2.24) is 10.6 Å². The van der Waals surface area contributed by atoms with Gasteiger partial charge >= 0.3 is 12.1 Å². The fourth-order valence-electron chi connectivity index (χ4n) is 4.37. The van der Waals surface area contributed by atoms with Gasteiger partial charge in [-0.3, -0.25) is 4.79 Å². The number of carbonyl (C=O) groups excluding carboxylic acids is 2. The van der Waals surface area contributed by atoms with Gasteiger partial charge in [0, 0.05) is 12.3 Å². The highest BCUT2D eigenvalue weighted by Crippen LogP contribution is 2.44. The van der Waals surface area contributed by atoms with E-state index in [4.69, 9.17) is 10.00 Å². The zero-order valence-corrected chi connectivity index (χ0v) is 20.0. The molecule has 0 radical (unpaired) electrons. The van der Waals surface area contributed by atoms with E-state index in [1.54, 1.807) is 6.92 Å². The van der Waals surface area contributed by atoms with Gasteiger partial charge in [0.05, 0.1) is 6.07 Å². The molecule has 3 N–H and O–H groups in total. The average molecular weight is 478 g/mol. The minimum atomic E-state index is -1.13. The molecular formula is C27H31N3O5. The summed E-state index contributed by atoms with van der Waals surface area (Å²) in [4.78, 5) is 37.2. The second-order valence-corrected chi connectivity index (χ2v) is 8.78. The number of unbranched alkanes of at least 4 members (excludes halogenated alkanes) is 1. The molecule has 8 nitrogen and oxygen atoms in total. The van der Waals surface area contributed by atoms with Crippen molar-refractivity contribution in [1.29, 1.82) is 5.26 Å². The number of hydrogen-bond acceptors (Lipinski definition) is 5. The molecule has 184 valence electrons. The van der Waals surface area contributed by atoms with Gasteiger partial charge in [0.1, 0.15) is 18.7 Å². The Morgan fingerprint density at radius 1 is 1.06 bits per heavy atom. The molecular weight excluding hydrogens is 446 g/mol. The monoisotopic (exact) mass is 477 g/mol. The highest BCUT2D eigenvalue weighted by Gasteiger charge is 2.31. The van der Waals surface area contributed by atoms with Crippen LogP contribution < -0.4 is 10.6 Å².